The van der Waals surface area contributed by atoms with Crippen LogP contribution in [0.2, 0.25) is 0 Å². The second-order valence-corrected chi connectivity index (χ2v) is 6.05. The van der Waals surface area contributed by atoms with Crippen LogP contribution in [0.15, 0.2) is 34.7 Å². The highest BCUT2D eigenvalue weighted by Crippen LogP contribution is 2.17. The van der Waals surface area contributed by atoms with Crippen LogP contribution < -0.4 is 0 Å². The molecule has 7 heteroatoms. The van der Waals surface area contributed by atoms with Crippen molar-refractivity contribution in [2.45, 2.75) is 20.4 Å². The fourth-order valence-corrected chi connectivity index (χ4v) is 2.51. The first-order chi connectivity index (χ1) is 12.2. The van der Waals surface area contributed by atoms with Crippen LogP contribution in [-0.4, -0.2) is 53.3 Å². The summed E-state index contributed by atoms with van der Waals surface area (Å²) in [5.41, 5.74) is 0.899. The Morgan fingerprint density at radius 2 is 1.62 bits per heavy atom. The molecule has 0 radical (unpaired) electrons. The Hall–Kier alpha value is -3.09. The summed E-state index contributed by atoms with van der Waals surface area (Å²) in [5, 5.41) is 9.07. The number of carbonyl (C=O) groups is 3. The molecule has 0 saturated heterocycles. The van der Waals surface area contributed by atoms with Gasteiger partial charge >= 0.3 is 5.97 Å². The summed E-state index contributed by atoms with van der Waals surface area (Å²) in [6, 6.07) is 7.94. The Morgan fingerprint density at radius 1 is 1.04 bits per heavy atom. The molecule has 1 aromatic carbocycles. The second-order valence-electron chi connectivity index (χ2n) is 6.05. The Kier molecular flexibility index (Phi) is 5.82. The molecule has 0 aliphatic rings. The molecule has 0 aliphatic carbocycles. The van der Waals surface area contributed by atoms with Crippen LogP contribution in [0.5, 0.6) is 0 Å². The lowest BCUT2D eigenvalue weighted by atomic mass is 10.1. The molecule has 1 heterocycles. The Morgan fingerprint density at radius 3 is 2.12 bits per heavy atom. The number of hydrogen-bond acceptors (Lipinski definition) is 4. The van der Waals surface area contributed by atoms with Crippen molar-refractivity contribution >= 4 is 17.8 Å². The topological polar surface area (TPSA) is 91.1 Å². The molecule has 1 N–H and O–H groups in total. The van der Waals surface area contributed by atoms with Crippen LogP contribution in [0.3, 0.4) is 0 Å². The van der Waals surface area contributed by atoms with E-state index >= 15 is 0 Å². The van der Waals surface area contributed by atoms with E-state index in [1.54, 1.807) is 50.2 Å². The largest absolute Gasteiger partial charge is 0.478 e. The molecular weight excluding hydrogens is 336 g/mol. The van der Waals surface area contributed by atoms with E-state index in [1.165, 1.54) is 11.0 Å². The van der Waals surface area contributed by atoms with Gasteiger partial charge in [0, 0.05) is 31.8 Å². The van der Waals surface area contributed by atoms with Crippen LogP contribution in [0.4, 0.5) is 0 Å². The molecule has 0 saturated carbocycles. The zero-order valence-electron chi connectivity index (χ0n) is 15.3. The molecule has 7 nitrogen and oxygen atoms in total. The van der Waals surface area contributed by atoms with E-state index < -0.39 is 5.97 Å². The van der Waals surface area contributed by atoms with Crippen LogP contribution in [0.1, 0.15) is 49.5 Å². The highest BCUT2D eigenvalue weighted by Gasteiger charge is 2.19. The highest BCUT2D eigenvalue weighted by molar-refractivity contribution is 5.99. The van der Waals surface area contributed by atoms with Crippen molar-refractivity contribution in [2.75, 3.05) is 20.6 Å². The van der Waals surface area contributed by atoms with Gasteiger partial charge in [0.25, 0.3) is 11.8 Å². The molecule has 2 rings (SSSR count). The van der Waals surface area contributed by atoms with E-state index in [0.29, 0.717) is 29.2 Å². The SMILES string of the molecule is CCN(C)C(=O)c1cccc(C(=O)N(C)Cc2cc(C(=O)O)c(C)o2)c1. The summed E-state index contributed by atoms with van der Waals surface area (Å²) in [4.78, 5) is 38.9. The number of benzene rings is 1. The third-order valence-corrected chi connectivity index (χ3v) is 4.12. The predicted molar refractivity (Wildman–Crippen MR) is 95.3 cm³/mol. The molecule has 138 valence electrons. The standard InChI is InChI=1S/C19H22N2O5/c1-5-20(3)17(22)13-7-6-8-14(9-13)18(23)21(4)11-15-10-16(19(24)25)12(2)26-15/h6-10H,5,11H2,1-4H3,(H,24,25). The summed E-state index contributed by atoms with van der Waals surface area (Å²) >= 11 is 0. The quantitative estimate of drug-likeness (QED) is 0.857. The van der Waals surface area contributed by atoms with E-state index in [1.807, 2.05) is 6.92 Å². The molecule has 2 amide bonds. The molecule has 0 unspecified atom stereocenters. The number of rotatable bonds is 6. The Labute approximate surface area is 151 Å². The van der Waals surface area contributed by atoms with Crippen molar-refractivity contribution in [2.24, 2.45) is 0 Å². The van der Waals surface area contributed by atoms with Gasteiger partial charge in [-0.3, -0.25) is 9.59 Å². The number of furan rings is 1. The van der Waals surface area contributed by atoms with Crippen LogP contribution in [0, 0.1) is 6.92 Å². The van der Waals surface area contributed by atoms with Gasteiger partial charge in [-0.25, -0.2) is 4.79 Å². The fraction of sp³-hybridized carbons (Fsp3) is 0.316. The number of carbonyl (C=O) groups excluding carboxylic acids is 2. The lowest BCUT2D eigenvalue weighted by Gasteiger charge is -2.17. The number of nitrogens with zero attached hydrogens (tertiary/aromatic N) is 2. The van der Waals surface area contributed by atoms with Gasteiger partial charge < -0.3 is 19.3 Å². The number of amides is 2. The monoisotopic (exact) mass is 358 g/mol. The highest BCUT2D eigenvalue weighted by atomic mass is 16.4. The van der Waals surface area contributed by atoms with E-state index in [9.17, 15) is 14.4 Å². The van der Waals surface area contributed by atoms with Crippen molar-refractivity contribution in [3.05, 3.63) is 58.5 Å². The molecule has 0 spiro atoms. The average Bonchev–Trinajstić information content (AvgIpc) is 3.00. The van der Waals surface area contributed by atoms with E-state index in [2.05, 4.69) is 0 Å². The first-order valence-corrected chi connectivity index (χ1v) is 8.18. The maximum Gasteiger partial charge on any atom is 0.339 e. The summed E-state index contributed by atoms with van der Waals surface area (Å²) in [6.45, 7) is 4.13. The smallest absolute Gasteiger partial charge is 0.339 e. The lowest BCUT2D eigenvalue weighted by molar-refractivity contribution is 0.0693. The van der Waals surface area contributed by atoms with Crippen molar-refractivity contribution in [3.63, 3.8) is 0 Å². The summed E-state index contributed by atoms with van der Waals surface area (Å²) in [7, 11) is 3.29. The fourth-order valence-electron chi connectivity index (χ4n) is 2.51. The second kappa shape index (κ2) is 7.86. The zero-order chi connectivity index (χ0) is 19.4. The minimum Gasteiger partial charge on any atom is -0.478 e. The molecule has 0 bridgehead atoms. The molecule has 0 atom stereocenters. The normalized spacial score (nSPS) is 10.5. The Balaban J connectivity index is 2.17. The van der Waals surface area contributed by atoms with Gasteiger partial charge in [-0.05, 0) is 38.1 Å². The van der Waals surface area contributed by atoms with Gasteiger partial charge in [0.2, 0.25) is 0 Å². The molecule has 0 fully saturated rings. The van der Waals surface area contributed by atoms with E-state index in [0.717, 1.165) is 0 Å². The molecular formula is C19H22N2O5. The lowest BCUT2D eigenvalue weighted by Crippen LogP contribution is -2.28. The third-order valence-electron chi connectivity index (χ3n) is 4.12. The number of carboxylic acid groups (broad SMARTS) is 1. The van der Waals surface area contributed by atoms with E-state index in [4.69, 9.17) is 9.52 Å². The van der Waals surface area contributed by atoms with Crippen LogP contribution in [0.25, 0.3) is 0 Å². The summed E-state index contributed by atoms with van der Waals surface area (Å²) < 4.78 is 5.41. The van der Waals surface area contributed by atoms with Gasteiger partial charge in [0.1, 0.15) is 17.1 Å². The van der Waals surface area contributed by atoms with Gasteiger partial charge in [-0.1, -0.05) is 6.07 Å². The third kappa shape index (κ3) is 4.11. The molecule has 0 aliphatic heterocycles. The molecule has 26 heavy (non-hydrogen) atoms. The van der Waals surface area contributed by atoms with Gasteiger partial charge in [-0.15, -0.1) is 0 Å². The number of aryl methyl sites for hydroxylation is 1. The zero-order valence-corrected chi connectivity index (χ0v) is 15.3. The number of aromatic carboxylic acids is 1. The van der Waals surface area contributed by atoms with Crippen molar-refractivity contribution < 1.29 is 23.9 Å². The summed E-state index contributed by atoms with van der Waals surface area (Å²) in [6.07, 6.45) is 0. The van der Waals surface area contributed by atoms with E-state index in [-0.39, 0.29) is 23.9 Å². The summed E-state index contributed by atoms with van der Waals surface area (Å²) in [5.74, 6) is -0.836. The molecule has 2 aromatic rings. The Bertz CT molecular complexity index is 840. The van der Waals surface area contributed by atoms with Crippen LogP contribution >= 0.6 is 0 Å². The van der Waals surface area contributed by atoms with Gasteiger partial charge in [-0.2, -0.15) is 0 Å². The van der Waals surface area contributed by atoms with Crippen LogP contribution in [-0.2, 0) is 6.54 Å². The molecule has 1 aromatic heterocycles. The first-order valence-electron chi connectivity index (χ1n) is 8.18. The van der Waals surface area contributed by atoms with Gasteiger partial charge in [0.05, 0.1) is 6.54 Å². The average molecular weight is 358 g/mol. The maximum absolute atomic E-state index is 12.6. The number of hydrogen-bond donors (Lipinski definition) is 1. The van der Waals surface area contributed by atoms with Crippen molar-refractivity contribution in [1.82, 2.24) is 9.80 Å². The van der Waals surface area contributed by atoms with Crippen molar-refractivity contribution in [1.29, 1.82) is 0 Å². The minimum absolute atomic E-state index is 0.0797. The first kappa shape index (κ1) is 19.2. The van der Waals surface area contributed by atoms with Gasteiger partial charge in [0.15, 0.2) is 0 Å². The minimum atomic E-state index is -1.07. The van der Waals surface area contributed by atoms with Crippen molar-refractivity contribution in [3.8, 4) is 0 Å². The number of carboxylic acids is 1. The maximum atomic E-state index is 12.6. The predicted octanol–water partition coefficient (Wildman–Crippen LogP) is 2.65.